The molecule has 0 spiro atoms. The summed E-state index contributed by atoms with van der Waals surface area (Å²) in [5.41, 5.74) is 0. The minimum Gasteiger partial charge on any atom is -0.311 e. The Balaban J connectivity index is 2.27. The zero-order chi connectivity index (χ0) is 9.68. The van der Waals surface area contributed by atoms with E-state index < -0.39 is 0 Å². The highest BCUT2D eigenvalue weighted by Gasteiger charge is 2.24. The largest absolute Gasteiger partial charge is 0.311 e. The molecule has 0 aromatic rings. The van der Waals surface area contributed by atoms with Gasteiger partial charge in [0.2, 0.25) is 0 Å². The van der Waals surface area contributed by atoms with Crippen LogP contribution in [0.4, 0.5) is 0 Å². The molecule has 0 amide bonds. The summed E-state index contributed by atoms with van der Waals surface area (Å²) >= 11 is 0. The lowest BCUT2D eigenvalue weighted by atomic mass is 10.0. The maximum absolute atomic E-state index is 3.82. The molecule has 0 aromatic heterocycles. The lowest BCUT2D eigenvalue weighted by Crippen LogP contribution is -2.39. The minimum absolute atomic E-state index is 0.774. The maximum Gasteiger partial charge on any atom is 0.00952 e. The second-order valence-corrected chi connectivity index (χ2v) is 4.58. The third-order valence-electron chi connectivity index (χ3n) is 3.44. The lowest BCUT2D eigenvalue weighted by molar-refractivity contribution is 0.350. The van der Waals surface area contributed by atoms with Gasteiger partial charge in [-0.3, -0.25) is 0 Å². The van der Waals surface area contributed by atoms with Crippen LogP contribution >= 0.6 is 0 Å². The first kappa shape index (κ1) is 11.0. The van der Waals surface area contributed by atoms with Crippen molar-refractivity contribution in [3.63, 3.8) is 0 Å². The molecule has 1 fully saturated rings. The van der Waals surface area contributed by atoms with Gasteiger partial charge in [-0.25, -0.2) is 0 Å². The van der Waals surface area contributed by atoms with Crippen LogP contribution in [-0.4, -0.2) is 12.1 Å². The maximum atomic E-state index is 3.82. The Hall–Kier alpha value is -0.0400. The van der Waals surface area contributed by atoms with Crippen molar-refractivity contribution in [2.24, 2.45) is 5.92 Å². The topological polar surface area (TPSA) is 12.0 Å². The molecule has 1 rings (SSSR count). The zero-order valence-electron chi connectivity index (χ0n) is 9.47. The van der Waals surface area contributed by atoms with Crippen LogP contribution in [0.1, 0.15) is 59.3 Å². The predicted molar refractivity (Wildman–Crippen MR) is 58.9 cm³/mol. The lowest BCUT2D eigenvalue weighted by Gasteiger charge is -2.24. The fraction of sp³-hybridized carbons (Fsp3) is 1.00. The van der Waals surface area contributed by atoms with Crippen molar-refractivity contribution >= 4 is 0 Å². The van der Waals surface area contributed by atoms with Gasteiger partial charge in [0.1, 0.15) is 0 Å². The van der Waals surface area contributed by atoms with E-state index in [2.05, 4.69) is 26.1 Å². The molecule has 0 aliphatic heterocycles. The normalized spacial score (nSPS) is 30.7. The van der Waals surface area contributed by atoms with Gasteiger partial charge in [-0.15, -0.1) is 0 Å². The van der Waals surface area contributed by atoms with Gasteiger partial charge < -0.3 is 5.32 Å². The third-order valence-corrected chi connectivity index (χ3v) is 3.44. The van der Waals surface area contributed by atoms with E-state index in [4.69, 9.17) is 0 Å². The van der Waals surface area contributed by atoms with Gasteiger partial charge in [0.05, 0.1) is 0 Å². The van der Waals surface area contributed by atoms with Crippen molar-refractivity contribution in [3.8, 4) is 0 Å². The Morgan fingerprint density at radius 3 is 2.54 bits per heavy atom. The SMILES string of the molecule is CCCC(CC)NC1CCCC1C. The summed E-state index contributed by atoms with van der Waals surface area (Å²) in [7, 11) is 0. The van der Waals surface area contributed by atoms with Crippen molar-refractivity contribution < 1.29 is 0 Å². The number of nitrogens with one attached hydrogen (secondary N) is 1. The summed E-state index contributed by atoms with van der Waals surface area (Å²) in [5.74, 6) is 0.908. The van der Waals surface area contributed by atoms with Crippen LogP contribution in [0.25, 0.3) is 0 Å². The van der Waals surface area contributed by atoms with Crippen molar-refractivity contribution in [1.29, 1.82) is 0 Å². The Kier molecular flexibility index (Phi) is 4.79. The summed E-state index contributed by atoms with van der Waals surface area (Å²) in [4.78, 5) is 0. The molecule has 1 aliphatic rings. The van der Waals surface area contributed by atoms with Gasteiger partial charge >= 0.3 is 0 Å². The van der Waals surface area contributed by atoms with Gasteiger partial charge in [0, 0.05) is 12.1 Å². The zero-order valence-corrected chi connectivity index (χ0v) is 9.47. The van der Waals surface area contributed by atoms with Crippen LogP contribution in [0, 0.1) is 5.92 Å². The van der Waals surface area contributed by atoms with E-state index in [-0.39, 0.29) is 0 Å². The Morgan fingerprint density at radius 2 is 2.08 bits per heavy atom. The van der Waals surface area contributed by atoms with Crippen molar-refractivity contribution in [2.75, 3.05) is 0 Å². The van der Waals surface area contributed by atoms with Crippen LogP contribution in [-0.2, 0) is 0 Å². The van der Waals surface area contributed by atoms with Gasteiger partial charge in [0.25, 0.3) is 0 Å². The van der Waals surface area contributed by atoms with Crippen LogP contribution in [0.5, 0.6) is 0 Å². The monoisotopic (exact) mass is 183 g/mol. The molecule has 1 N–H and O–H groups in total. The van der Waals surface area contributed by atoms with Gasteiger partial charge in [0.15, 0.2) is 0 Å². The summed E-state index contributed by atoms with van der Waals surface area (Å²) in [6.45, 7) is 6.97. The van der Waals surface area contributed by atoms with Crippen molar-refractivity contribution in [1.82, 2.24) is 5.32 Å². The molecule has 3 unspecified atom stereocenters. The average molecular weight is 183 g/mol. The van der Waals surface area contributed by atoms with E-state index in [1.807, 2.05) is 0 Å². The molecule has 0 radical (unpaired) electrons. The molecule has 1 saturated carbocycles. The molecule has 78 valence electrons. The Labute approximate surface area is 83.3 Å². The third kappa shape index (κ3) is 3.30. The minimum atomic E-state index is 0.774. The van der Waals surface area contributed by atoms with E-state index in [0.717, 1.165) is 18.0 Å². The first-order chi connectivity index (χ1) is 6.27. The fourth-order valence-electron chi connectivity index (χ4n) is 2.45. The van der Waals surface area contributed by atoms with Crippen LogP contribution in [0.2, 0.25) is 0 Å². The molecule has 1 heteroatoms. The number of rotatable bonds is 5. The van der Waals surface area contributed by atoms with E-state index in [9.17, 15) is 0 Å². The van der Waals surface area contributed by atoms with Gasteiger partial charge in [-0.05, 0) is 31.6 Å². The highest BCUT2D eigenvalue weighted by Crippen LogP contribution is 2.25. The fourth-order valence-corrected chi connectivity index (χ4v) is 2.45. The summed E-state index contributed by atoms with van der Waals surface area (Å²) in [5, 5.41) is 3.82. The first-order valence-electron chi connectivity index (χ1n) is 6.04. The van der Waals surface area contributed by atoms with Gasteiger partial charge in [-0.2, -0.15) is 0 Å². The summed E-state index contributed by atoms with van der Waals surface area (Å²) in [6, 6.07) is 1.59. The number of hydrogen-bond donors (Lipinski definition) is 1. The second kappa shape index (κ2) is 5.64. The van der Waals surface area contributed by atoms with E-state index in [0.29, 0.717) is 0 Å². The summed E-state index contributed by atoms with van der Waals surface area (Å²) in [6.07, 6.45) is 8.21. The molecular formula is C12H25N. The highest BCUT2D eigenvalue weighted by atomic mass is 15.0. The van der Waals surface area contributed by atoms with Crippen molar-refractivity contribution in [2.45, 2.75) is 71.4 Å². The van der Waals surface area contributed by atoms with E-state index >= 15 is 0 Å². The standard InChI is InChI=1S/C12H25N/c1-4-7-11(5-2)13-12-9-6-8-10(12)3/h10-13H,4-9H2,1-3H3. The molecule has 1 nitrogen and oxygen atoms in total. The van der Waals surface area contributed by atoms with Crippen LogP contribution in [0.3, 0.4) is 0 Å². The Morgan fingerprint density at radius 1 is 1.31 bits per heavy atom. The quantitative estimate of drug-likeness (QED) is 0.689. The molecule has 0 bridgehead atoms. The van der Waals surface area contributed by atoms with Crippen LogP contribution < -0.4 is 5.32 Å². The molecular weight excluding hydrogens is 158 g/mol. The van der Waals surface area contributed by atoms with E-state index in [1.165, 1.54) is 38.5 Å². The number of hydrogen-bond acceptors (Lipinski definition) is 1. The van der Waals surface area contributed by atoms with E-state index in [1.54, 1.807) is 0 Å². The smallest absolute Gasteiger partial charge is 0.00952 e. The first-order valence-corrected chi connectivity index (χ1v) is 6.04. The predicted octanol–water partition coefficient (Wildman–Crippen LogP) is 3.34. The Bertz CT molecular complexity index is 133. The molecule has 1 aliphatic carbocycles. The summed E-state index contributed by atoms with van der Waals surface area (Å²) < 4.78 is 0. The molecule has 0 saturated heterocycles. The average Bonchev–Trinajstić information content (AvgIpc) is 2.51. The van der Waals surface area contributed by atoms with Crippen molar-refractivity contribution in [3.05, 3.63) is 0 Å². The molecule has 0 aromatic carbocycles. The van der Waals surface area contributed by atoms with Crippen LogP contribution in [0.15, 0.2) is 0 Å². The molecule has 0 heterocycles. The highest BCUT2D eigenvalue weighted by molar-refractivity contribution is 4.82. The molecule has 3 atom stereocenters. The second-order valence-electron chi connectivity index (χ2n) is 4.58. The molecule has 13 heavy (non-hydrogen) atoms. The van der Waals surface area contributed by atoms with Gasteiger partial charge in [-0.1, -0.05) is 33.6 Å².